The molecule has 4 nitrogen and oxygen atoms in total. The van der Waals surface area contributed by atoms with Gasteiger partial charge in [0.15, 0.2) is 0 Å². The summed E-state index contributed by atoms with van der Waals surface area (Å²) in [4.78, 5) is 22.4. The van der Waals surface area contributed by atoms with E-state index in [1.807, 2.05) is 0 Å². The second-order valence-electron chi connectivity index (χ2n) is 2.34. The molecule has 4 heteroatoms. The summed E-state index contributed by atoms with van der Waals surface area (Å²) in [6.07, 6.45) is 3.91. The van der Waals surface area contributed by atoms with Gasteiger partial charge in [-0.1, -0.05) is 6.08 Å². The lowest BCUT2D eigenvalue weighted by Crippen LogP contribution is -2.36. The molecule has 1 amide bonds. The number of carbonyl (C=O) groups is 2. The first-order valence-corrected chi connectivity index (χ1v) is 3.37. The average molecular weight is 155 g/mol. The Kier molecular flexibility index (Phi) is 2.25. The second-order valence-corrected chi connectivity index (χ2v) is 2.34. The molecule has 60 valence electrons. The molecule has 0 saturated carbocycles. The Morgan fingerprint density at radius 3 is 3.00 bits per heavy atom. The van der Waals surface area contributed by atoms with Gasteiger partial charge in [-0.2, -0.15) is 0 Å². The van der Waals surface area contributed by atoms with E-state index in [-0.39, 0.29) is 12.5 Å². The van der Waals surface area contributed by atoms with Crippen molar-refractivity contribution in [3.05, 3.63) is 12.2 Å². The number of carboxylic acids is 1. The Hall–Kier alpha value is -1.32. The van der Waals surface area contributed by atoms with Crippen molar-refractivity contribution in [2.75, 3.05) is 13.1 Å². The van der Waals surface area contributed by atoms with Crippen LogP contribution in [0.15, 0.2) is 12.2 Å². The molecule has 0 bridgehead atoms. The maximum Gasteiger partial charge on any atom is 0.323 e. The summed E-state index contributed by atoms with van der Waals surface area (Å²) >= 11 is 0. The zero-order valence-corrected chi connectivity index (χ0v) is 5.99. The molecule has 0 fully saturated rings. The van der Waals surface area contributed by atoms with Crippen molar-refractivity contribution in [2.24, 2.45) is 0 Å². The number of aliphatic carboxylic acids is 1. The number of nitrogens with zero attached hydrogens (tertiary/aromatic N) is 1. The van der Waals surface area contributed by atoms with E-state index < -0.39 is 5.97 Å². The van der Waals surface area contributed by atoms with Crippen LogP contribution in [0, 0.1) is 0 Å². The van der Waals surface area contributed by atoms with E-state index in [4.69, 9.17) is 5.11 Å². The fourth-order valence-corrected chi connectivity index (χ4v) is 0.950. The molecule has 0 aromatic carbocycles. The van der Waals surface area contributed by atoms with Crippen molar-refractivity contribution in [2.45, 2.75) is 6.42 Å². The van der Waals surface area contributed by atoms with Crippen molar-refractivity contribution in [3.63, 3.8) is 0 Å². The van der Waals surface area contributed by atoms with Crippen LogP contribution in [0.3, 0.4) is 0 Å². The fourth-order valence-electron chi connectivity index (χ4n) is 0.950. The zero-order valence-electron chi connectivity index (χ0n) is 5.99. The minimum absolute atomic E-state index is 0.191. The van der Waals surface area contributed by atoms with E-state index in [9.17, 15) is 9.59 Å². The first kappa shape index (κ1) is 7.78. The normalized spacial score (nSPS) is 17.1. The lowest BCUT2D eigenvalue weighted by atomic mass is 10.2. The van der Waals surface area contributed by atoms with Crippen molar-refractivity contribution in [1.82, 2.24) is 4.90 Å². The minimum Gasteiger partial charge on any atom is -0.480 e. The van der Waals surface area contributed by atoms with Gasteiger partial charge < -0.3 is 10.0 Å². The summed E-state index contributed by atoms with van der Waals surface area (Å²) in [6, 6.07) is 0. The quantitative estimate of drug-likeness (QED) is 0.603. The van der Waals surface area contributed by atoms with Crippen molar-refractivity contribution in [3.8, 4) is 0 Å². The Bertz CT molecular complexity index is 210. The molecular formula is C7H9NO3. The zero-order chi connectivity index (χ0) is 8.27. The largest absolute Gasteiger partial charge is 0.480 e. The van der Waals surface area contributed by atoms with Gasteiger partial charge in [-0.15, -0.1) is 0 Å². The Balaban J connectivity index is 2.52. The lowest BCUT2D eigenvalue weighted by Gasteiger charge is -2.20. The van der Waals surface area contributed by atoms with Gasteiger partial charge >= 0.3 is 5.97 Å². The molecule has 0 atom stereocenters. The number of amides is 1. The second kappa shape index (κ2) is 3.18. The Labute approximate surface area is 64.1 Å². The molecule has 0 radical (unpaired) electrons. The molecule has 1 N–H and O–H groups in total. The highest BCUT2D eigenvalue weighted by Crippen LogP contribution is 2.01. The van der Waals surface area contributed by atoms with Crippen molar-refractivity contribution >= 4 is 11.9 Å². The van der Waals surface area contributed by atoms with Gasteiger partial charge in [0.2, 0.25) is 5.91 Å². The average Bonchev–Trinajstić information content (AvgIpc) is 1.93. The van der Waals surface area contributed by atoms with E-state index >= 15 is 0 Å². The number of hydrogen-bond donors (Lipinski definition) is 1. The van der Waals surface area contributed by atoms with E-state index in [2.05, 4.69) is 0 Å². The van der Waals surface area contributed by atoms with Gasteiger partial charge in [-0.05, 0) is 12.5 Å². The fraction of sp³-hybridized carbons (Fsp3) is 0.429. The maximum absolute atomic E-state index is 10.9. The Morgan fingerprint density at radius 1 is 1.73 bits per heavy atom. The first-order chi connectivity index (χ1) is 5.20. The molecule has 0 unspecified atom stereocenters. The van der Waals surface area contributed by atoms with Crippen LogP contribution in [0.1, 0.15) is 6.42 Å². The highest BCUT2D eigenvalue weighted by atomic mass is 16.4. The van der Waals surface area contributed by atoms with Crippen LogP contribution in [-0.2, 0) is 9.59 Å². The van der Waals surface area contributed by atoms with E-state index in [0.29, 0.717) is 6.54 Å². The summed E-state index contributed by atoms with van der Waals surface area (Å²) < 4.78 is 0. The van der Waals surface area contributed by atoms with Crippen LogP contribution < -0.4 is 0 Å². The van der Waals surface area contributed by atoms with Crippen LogP contribution in [-0.4, -0.2) is 35.0 Å². The van der Waals surface area contributed by atoms with Crippen LogP contribution >= 0.6 is 0 Å². The van der Waals surface area contributed by atoms with Gasteiger partial charge in [0, 0.05) is 6.54 Å². The van der Waals surface area contributed by atoms with Gasteiger partial charge in [-0.25, -0.2) is 0 Å². The third-order valence-electron chi connectivity index (χ3n) is 1.46. The first-order valence-electron chi connectivity index (χ1n) is 3.37. The van der Waals surface area contributed by atoms with Crippen molar-refractivity contribution < 1.29 is 14.7 Å². The highest BCUT2D eigenvalue weighted by molar-refractivity contribution is 5.90. The molecule has 0 spiro atoms. The molecule has 11 heavy (non-hydrogen) atoms. The number of carbonyl (C=O) groups excluding carboxylic acids is 1. The molecule has 1 aliphatic rings. The molecule has 0 aromatic heterocycles. The third-order valence-corrected chi connectivity index (χ3v) is 1.46. The SMILES string of the molecule is O=C(O)CN1CCC=CC1=O. The van der Waals surface area contributed by atoms with Gasteiger partial charge in [0.1, 0.15) is 6.54 Å². The highest BCUT2D eigenvalue weighted by Gasteiger charge is 2.15. The predicted octanol–water partition coefficient (Wildman–Crippen LogP) is -0.141. The van der Waals surface area contributed by atoms with E-state index in [0.717, 1.165) is 6.42 Å². The molecule has 1 heterocycles. The van der Waals surface area contributed by atoms with Crippen LogP contribution in [0.25, 0.3) is 0 Å². The van der Waals surface area contributed by atoms with E-state index in [1.54, 1.807) is 6.08 Å². The summed E-state index contributed by atoms with van der Waals surface area (Å²) in [6.45, 7) is 0.324. The number of hydrogen-bond acceptors (Lipinski definition) is 2. The summed E-state index contributed by atoms with van der Waals surface area (Å²) in [7, 11) is 0. The summed E-state index contributed by atoms with van der Waals surface area (Å²) in [5, 5.41) is 8.37. The third kappa shape index (κ3) is 2.07. The predicted molar refractivity (Wildman–Crippen MR) is 38.0 cm³/mol. The van der Waals surface area contributed by atoms with Crippen LogP contribution in [0.2, 0.25) is 0 Å². The standard InChI is InChI=1S/C7H9NO3/c9-6-3-1-2-4-8(6)5-7(10)11/h1,3H,2,4-5H2,(H,10,11). The van der Waals surface area contributed by atoms with E-state index in [1.165, 1.54) is 11.0 Å². The lowest BCUT2D eigenvalue weighted by molar-refractivity contribution is -0.142. The topological polar surface area (TPSA) is 57.6 Å². The smallest absolute Gasteiger partial charge is 0.323 e. The Morgan fingerprint density at radius 2 is 2.45 bits per heavy atom. The number of rotatable bonds is 2. The molecule has 1 aliphatic heterocycles. The monoisotopic (exact) mass is 155 g/mol. The number of carboxylic acid groups (broad SMARTS) is 1. The molecule has 0 aromatic rings. The molecule has 0 saturated heterocycles. The van der Waals surface area contributed by atoms with Gasteiger partial charge in [0.05, 0.1) is 0 Å². The van der Waals surface area contributed by atoms with Gasteiger partial charge in [-0.3, -0.25) is 9.59 Å². The van der Waals surface area contributed by atoms with Crippen molar-refractivity contribution in [1.29, 1.82) is 0 Å². The summed E-state index contributed by atoms with van der Waals surface area (Å²) in [5.41, 5.74) is 0. The minimum atomic E-state index is -0.964. The maximum atomic E-state index is 10.9. The van der Waals surface area contributed by atoms with Gasteiger partial charge in [0.25, 0.3) is 0 Å². The summed E-state index contributed by atoms with van der Waals surface area (Å²) in [5.74, 6) is -1.17. The molecular weight excluding hydrogens is 146 g/mol. The van der Waals surface area contributed by atoms with Crippen LogP contribution in [0.4, 0.5) is 0 Å². The van der Waals surface area contributed by atoms with Crippen LogP contribution in [0.5, 0.6) is 0 Å². The molecule has 1 rings (SSSR count). The molecule has 0 aliphatic carbocycles.